The van der Waals surface area contributed by atoms with Crippen molar-refractivity contribution in [3.05, 3.63) is 83.1 Å². The first-order valence-electron chi connectivity index (χ1n) is 8.16. The predicted octanol–water partition coefficient (Wildman–Crippen LogP) is 4.44. The zero-order chi connectivity index (χ0) is 18.0. The van der Waals surface area contributed by atoms with Crippen LogP contribution in [0.15, 0.2) is 72.0 Å². The maximum absolute atomic E-state index is 12.5. The van der Waals surface area contributed by atoms with Gasteiger partial charge in [0.25, 0.3) is 0 Å². The van der Waals surface area contributed by atoms with Crippen molar-refractivity contribution in [1.29, 1.82) is 0 Å². The maximum Gasteiger partial charge on any atom is 0.343 e. The van der Waals surface area contributed by atoms with E-state index >= 15 is 0 Å². The minimum atomic E-state index is -0.677. The number of esters is 2. The van der Waals surface area contributed by atoms with E-state index in [2.05, 4.69) is 0 Å². The molecular weight excluding hydrogens is 316 g/mol. The molecule has 0 bridgehead atoms. The highest BCUT2D eigenvalue weighted by Gasteiger charge is 2.45. The minimum absolute atomic E-state index is 0.321. The smallest absolute Gasteiger partial charge is 0.343 e. The Kier molecular flexibility index (Phi) is 4.45. The standard InChI is InChI=1S/C21H20O4/c1-14-17(24-20(23)16-12-8-5-9-13-16)21(2,3)18(25-19(14)22)15-10-6-4-7-11-15/h4-13,18H,1-3H3/t18-/m1/s1. The molecule has 0 radical (unpaired) electrons. The second-order valence-electron chi connectivity index (χ2n) is 6.63. The highest BCUT2D eigenvalue weighted by Crippen LogP contribution is 2.47. The van der Waals surface area contributed by atoms with E-state index in [1.54, 1.807) is 31.2 Å². The summed E-state index contributed by atoms with van der Waals surface area (Å²) in [5.74, 6) is -0.597. The molecule has 0 saturated heterocycles. The second-order valence-corrected chi connectivity index (χ2v) is 6.63. The molecule has 0 aliphatic carbocycles. The van der Waals surface area contributed by atoms with Gasteiger partial charge in [-0.15, -0.1) is 0 Å². The van der Waals surface area contributed by atoms with Crippen molar-refractivity contribution in [3.63, 3.8) is 0 Å². The molecule has 2 aromatic rings. The molecule has 1 aliphatic rings. The summed E-state index contributed by atoms with van der Waals surface area (Å²) in [4.78, 5) is 24.8. The van der Waals surface area contributed by atoms with Crippen LogP contribution in [0.2, 0.25) is 0 Å². The van der Waals surface area contributed by atoms with E-state index in [4.69, 9.17) is 9.47 Å². The normalized spacial score (nSPS) is 19.3. The summed E-state index contributed by atoms with van der Waals surface area (Å²) >= 11 is 0. The molecule has 0 amide bonds. The summed E-state index contributed by atoms with van der Waals surface area (Å²) in [5.41, 5.74) is 0.945. The van der Waals surface area contributed by atoms with E-state index in [-0.39, 0.29) is 0 Å². The Morgan fingerprint density at radius 1 is 1.00 bits per heavy atom. The first kappa shape index (κ1) is 17.0. The van der Waals surface area contributed by atoms with E-state index in [1.807, 2.05) is 50.2 Å². The number of carbonyl (C=O) groups is 2. The molecule has 0 unspecified atom stereocenters. The van der Waals surface area contributed by atoms with Crippen molar-refractivity contribution < 1.29 is 19.1 Å². The molecule has 1 atom stereocenters. The monoisotopic (exact) mass is 336 g/mol. The molecule has 25 heavy (non-hydrogen) atoms. The molecule has 0 saturated carbocycles. The van der Waals surface area contributed by atoms with Gasteiger partial charge in [-0.1, -0.05) is 48.5 Å². The quantitative estimate of drug-likeness (QED) is 0.778. The van der Waals surface area contributed by atoms with Gasteiger partial charge in [0, 0.05) is 0 Å². The van der Waals surface area contributed by atoms with Crippen LogP contribution in [0.25, 0.3) is 0 Å². The number of hydrogen-bond donors (Lipinski definition) is 0. The topological polar surface area (TPSA) is 52.6 Å². The highest BCUT2D eigenvalue weighted by molar-refractivity contribution is 5.93. The Labute approximate surface area is 147 Å². The zero-order valence-corrected chi connectivity index (χ0v) is 14.5. The summed E-state index contributed by atoms with van der Waals surface area (Å²) in [5, 5.41) is 0. The van der Waals surface area contributed by atoms with Gasteiger partial charge in [0.1, 0.15) is 11.9 Å². The molecule has 0 N–H and O–H groups in total. The molecule has 0 aromatic heterocycles. The molecule has 1 aliphatic heterocycles. The molecule has 1 heterocycles. The fourth-order valence-electron chi connectivity index (χ4n) is 3.08. The lowest BCUT2D eigenvalue weighted by Gasteiger charge is -2.39. The number of rotatable bonds is 3. The largest absolute Gasteiger partial charge is 0.453 e. The first-order valence-corrected chi connectivity index (χ1v) is 8.16. The van der Waals surface area contributed by atoms with Crippen molar-refractivity contribution in [1.82, 2.24) is 0 Å². The molecular formula is C21H20O4. The van der Waals surface area contributed by atoms with Crippen LogP contribution in [0.3, 0.4) is 0 Å². The Morgan fingerprint density at radius 3 is 2.16 bits per heavy atom. The third-order valence-electron chi connectivity index (χ3n) is 4.42. The highest BCUT2D eigenvalue weighted by atomic mass is 16.6. The van der Waals surface area contributed by atoms with E-state index in [0.717, 1.165) is 5.56 Å². The van der Waals surface area contributed by atoms with Crippen LogP contribution in [0.1, 0.15) is 42.8 Å². The van der Waals surface area contributed by atoms with Gasteiger partial charge < -0.3 is 9.47 Å². The van der Waals surface area contributed by atoms with Gasteiger partial charge in [0.2, 0.25) is 0 Å². The average molecular weight is 336 g/mol. The lowest BCUT2D eigenvalue weighted by Crippen LogP contribution is -2.37. The number of benzene rings is 2. The van der Waals surface area contributed by atoms with E-state index < -0.39 is 23.5 Å². The molecule has 0 fully saturated rings. The van der Waals surface area contributed by atoms with Crippen molar-refractivity contribution in [2.24, 2.45) is 5.41 Å². The van der Waals surface area contributed by atoms with Gasteiger partial charge in [-0.05, 0) is 38.5 Å². The third kappa shape index (κ3) is 3.20. The van der Waals surface area contributed by atoms with Crippen LogP contribution >= 0.6 is 0 Å². The average Bonchev–Trinajstić information content (AvgIpc) is 2.63. The summed E-state index contributed by atoms with van der Waals surface area (Å²) in [6, 6.07) is 18.2. The molecule has 0 spiro atoms. The van der Waals surface area contributed by atoms with Crippen LogP contribution in [0.4, 0.5) is 0 Å². The van der Waals surface area contributed by atoms with Crippen LogP contribution in [-0.2, 0) is 14.3 Å². The van der Waals surface area contributed by atoms with Crippen molar-refractivity contribution in [2.75, 3.05) is 0 Å². The van der Waals surface area contributed by atoms with E-state index in [0.29, 0.717) is 16.9 Å². The maximum atomic E-state index is 12.5. The van der Waals surface area contributed by atoms with Gasteiger partial charge in [0.15, 0.2) is 0 Å². The SMILES string of the molecule is CC1=C(OC(=O)c2ccccc2)C(C)(C)[C@@H](c2ccccc2)OC1=O. The van der Waals surface area contributed by atoms with Gasteiger partial charge in [-0.3, -0.25) is 0 Å². The molecule has 128 valence electrons. The fraction of sp³-hybridized carbons (Fsp3) is 0.238. The van der Waals surface area contributed by atoms with Crippen LogP contribution < -0.4 is 0 Å². The van der Waals surface area contributed by atoms with Crippen LogP contribution in [0.5, 0.6) is 0 Å². The Bertz CT molecular complexity index is 819. The molecule has 3 rings (SSSR count). The Hall–Kier alpha value is -2.88. The Morgan fingerprint density at radius 2 is 1.56 bits per heavy atom. The third-order valence-corrected chi connectivity index (χ3v) is 4.42. The number of ether oxygens (including phenoxy) is 2. The van der Waals surface area contributed by atoms with Gasteiger partial charge in [-0.2, -0.15) is 0 Å². The fourth-order valence-corrected chi connectivity index (χ4v) is 3.08. The Balaban J connectivity index is 1.97. The molecule has 4 nitrogen and oxygen atoms in total. The predicted molar refractivity (Wildman–Crippen MR) is 93.6 cm³/mol. The lowest BCUT2D eigenvalue weighted by atomic mass is 9.77. The number of hydrogen-bond acceptors (Lipinski definition) is 4. The van der Waals surface area contributed by atoms with Crippen molar-refractivity contribution >= 4 is 11.9 Å². The van der Waals surface area contributed by atoms with Crippen molar-refractivity contribution in [3.8, 4) is 0 Å². The number of carbonyl (C=O) groups excluding carboxylic acids is 2. The summed E-state index contributed by atoms with van der Waals surface area (Å²) in [6.45, 7) is 5.45. The second kappa shape index (κ2) is 6.55. The van der Waals surface area contributed by atoms with Crippen molar-refractivity contribution in [2.45, 2.75) is 26.9 Å². The van der Waals surface area contributed by atoms with Gasteiger partial charge in [-0.25, -0.2) is 9.59 Å². The van der Waals surface area contributed by atoms with E-state index in [1.165, 1.54) is 0 Å². The lowest BCUT2D eigenvalue weighted by molar-refractivity contribution is -0.155. The van der Waals surface area contributed by atoms with Crippen LogP contribution in [-0.4, -0.2) is 11.9 Å². The van der Waals surface area contributed by atoms with Crippen LogP contribution in [0, 0.1) is 5.41 Å². The van der Waals surface area contributed by atoms with Gasteiger partial charge >= 0.3 is 11.9 Å². The van der Waals surface area contributed by atoms with E-state index in [9.17, 15) is 9.59 Å². The summed E-state index contributed by atoms with van der Waals surface area (Å²) in [7, 11) is 0. The number of cyclic esters (lactones) is 1. The zero-order valence-electron chi connectivity index (χ0n) is 14.5. The molecule has 4 heteroatoms. The first-order chi connectivity index (χ1) is 11.9. The summed E-state index contributed by atoms with van der Waals surface area (Å²) < 4.78 is 11.3. The molecule has 2 aromatic carbocycles. The summed E-state index contributed by atoms with van der Waals surface area (Å²) in [6.07, 6.45) is -0.525. The minimum Gasteiger partial charge on any atom is -0.453 e. The van der Waals surface area contributed by atoms with Gasteiger partial charge in [0.05, 0.1) is 16.6 Å².